The van der Waals surface area contributed by atoms with E-state index in [1.165, 1.54) is 12.8 Å². The average Bonchev–Trinajstić information content (AvgIpc) is 2.88. The summed E-state index contributed by atoms with van der Waals surface area (Å²) in [6, 6.07) is 0. The van der Waals surface area contributed by atoms with Crippen LogP contribution < -0.4 is 5.48 Å². The van der Waals surface area contributed by atoms with Crippen molar-refractivity contribution < 1.29 is 9.63 Å². The van der Waals surface area contributed by atoms with Gasteiger partial charge < -0.3 is 0 Å². The average molecular weight is 223 g/mol. The molecule has 5 nitrogen and oxygen atoms in total. The van der Waals surface area contributed by atoms with Crippen LogP contribution in [0.3, 0.4) is 0 Å². The Labute approximate surface area is 94.7 Å². The van der Waals surface area contributed by atoms with Gasteiger partial charge in [0.1, 0.15) is 0 Å². The molecule has 1 aromatic heterocycles. The fourth-order valence-corrected chi connectivity index (χ4v) is 1.92. The summed E-state index contributed by atoms with van der Waals surface area (Å²) in [5.74, 6) is -0.211. The molecular formula is C11H17N3O2. The second-order valence-electron chi connectivity index (χ2n) is 4.22. The van der Waals surface area contributed by atoms with Crippen molar-refractivity contribution in [1.29, 1.82) is 0 Å². The monoisotopic (exact) mass is 223 g/mol. The first-order chi connectivity index (χ1) is 7.68. The van der Waals surface area contributed by atoms with Crippen LogP contribution in [0.1, 0.15) is 41.7 Å². The Morgan fingerprint density at radius 1 is 1.56 bits per heavy atom. The van der Waals surface area contributed by atoms with Crippen LogP contribution in [0.2, 0.25) is 0 Å². The maximum Gasteiger partial charge on any atom is 0.278 e. The molecule has 1 amide bonds. The predicted molar refractivity (Wildman–Crippen MR) is 58.8 cm³/mol. The first kappa shape index (κ1) is 11.1. The third kappa shape index (κ3) is 2.24. The highest BCUT2D eigenvalue weighted by Gasteiger charge is 2.18. The van der Waals surface area contributed by atoms with Crippen molar-refractivity contribution in [1.82, 2.24) is 15.3 Å². The van der Waals surface area contributed by atoms with Crippen molar-refractivity contribution in [2.45, 2.75) is 38.7 Å². The largest absolute Gasteiger partial charge is 0.278 e. The molecule has 0 aliphatic heterocycles. The highest BCUT2D eigenvalue weighted by atomic mass is 16.7. The molecule has 0 aromatic carbocycles. The van der Waals surface area contributed by atoms with E-state index in [1.54, 1.807) is 10.9 Å². The minimum absolute atomic E-state index is 0.181. The topological polar surface area (TPSA) is 56.1 Å². The van der Waals surface area contributed by atoms with Crippen LogP contribution >= 0.6 is 0 Å². The van der Waals surface area contributed by atoms with Gasteiger partial charge in [0, 0.05) is 12.7 Å². The number of carbonyl (C=O) groups is 1. The van der Waals surface area contributed by atoms with Crippen molar-refractivity contribution in [3.63, 3.8) is 0 Å². The van der Waals surface area contributed by atoms with Crippen molar-refractivity contribution >= 4 is 5.91 Å². The highest BCUT2D eigenvalue weighted by Crippen LogP contribution is 2.20. The van der Waals surface area contributed by atoms with Crippen LogP contribution in [0.4, 0.5) is 0 Å². The predicted octanol–water partition coefficient (Wildman–Crippen LogP) is 1.33. The van der Waals surface area contributed by atoms with E-state index in [-0.39, 0.29) is 12.0 Å². The maximum absolute atomic E-state index is 11.7. The molecule has 0 spiro atoms. The molecule has 1 fully saturated rings. The second-order valence-corrected chi connectivity index (χ2v) is 4.22. The van der Waals surface area contributed by atoms with Crippen LogP contribution in [-0.2, 0) is 11.9 Å². The summed E-state index contributed by atoms with van der Waals surface area (Å²) in [5.41, 5.74) is 3.91. The lowest BCUT2D eigenvalue weighted by molar-refractivity contribution is -0.0125. The smallest absolute Gasteiger partial charge is 0.272 e. The Bertz CT molecular complexity index is 381. The molecule has 0 unspecified atom stereocenters. The number of rotatable bonds is 3. The van der Waals surface area contributed by atoms with E-state index in [0.717, 1.165) is 18.5 Å². The van der Waals surface area contributed by atoms with Gasteiger partial charge in [-0.05, 0) is 19.8 Å². The van der Waals surface area contributed by atoms with Gasteiger partial charge in [-0.1, -0.05) is 12.8 Å². The zero-order valence-electron chi connectivity index (χ0n) is 9.69. The Hall–Kier alpha value is -1.36. The Balaban J connectivity index is 1.90. The number of nitrogens with zero attached hydrogens (tertiary/aromatic N) is 2. The van der Waals surface area contributed by atoms with E-state index in [2.05, 4.69) is 10.6 Å². The molecule has 0 atom stereocenters. The van der Waals surface area contributed by atoms with Gasteiger partial charge in [0.25, 0.3) is 5.91 Å². The molecule has 1 heterocycles. The summed E-state index contributed by atoms with van der Waals surface area (Å²) in [5, 5.41) is 4.02. The van der Waals surface area contributed by atoms with Crippen molar-refractivity contribution in [3.8, 4) is 0 Å². The van der Waals surface area contributed by atoms with E-state index < -0.39 is 0 Å². The minimum Gasteiger partial charge on any atom is -0.272 e. The first-order valence-electron chi connectivity index (χ1n) is 5.63. The number of hydrogen-bond acceptors (Lipinski definition) is 3. The van der Waals surface area contributed by atoms with E-state index in [0.29, 0.717) is 5.56 Å². The van der Waals surface area contributed by atoms with Crippen LogP contribution in [0.5, 0.6) is 0 Å². The normalized spacial score (nSPS) is 16.6. The lowest BCUT2D eigenvalue weighted by Crippen LogP contribution is -2.28. The van der Waals surface area contributed by atoms with Crippen molar-refractivity contribution in [2.75, 3.05) is 0 Å². The van der Waals surface area contributed by atoms with Gasteiger partial charge in [-0.15, -0.1) is 0 Å². The molecule has 1 N–H and O–H groups in total. The number of hydrogen-bond donors (Lipinski definition) is 1. The maximum atomic E-state index is 11.7. The number of hydroxylamine groups is 1. The lowest BCUT2D eigenvalue weighted by atomic mass is 10.2. The zero-order valence-corrected chi connectivity index (χ0v) is 9.69. The minimum atomic E-state index is -0.211. The summed E-state index contributed by atoms with van der Waals surface area (Å²) in [6.45, 7) is 1.86. The summed E-state index contributed by atoms with van der Waals surface area (Å²) in [6.07, 6.45) is 6.18. The molecule has 1 aliphatic carbocycles. The molecule has 5 heteroatoms. The number of carbonyl (C=O) groups excluding carboxylic acids is 1. The number of aryl methyl sites for hydroxylation is 1. The quantitative estimate of drug-likeness (QED) is 0.786. The van der Waals surface area contributed by atoms with Crippen molar-refractivity contribution in [2.24, 2.45) is 7.05 Å². The fourth-order valence-electron chi connectivity index (χ4n) is 1.92. The van der Waals surface area contributed by atoms with Gasteiger partial charge in [0.2, 0.25) is 0 Å². The second kappa shape index (κ2) is 4.65. The summed E-state index contributed by atoms with van der Waals surface area (Å²) in [7, 11) is 1.81. The van der Waals surface area contributed by atoms with Gasteiger partial charge >= 0.3 is 0 Å². The molecule has 1 saturated carbocycles. The number of nitrogens with one attached hydrogen (secondary N) is 1. The summed E-state index contributed by atoms with van der Waals surface area (Å²) in [4.78, 5) is 17.1. The van der Waals surface area contributed by atoms with Crippen molar-refractivity contribution in [3.05, 3.63) is 17.5 Å². The number of aromatic nitrogens is 2. The third-order valence-corrected chi connectivity index (χ3v) is 3.10. The molecule has 16 heavy (non-hydrogen) atoms. The molecule has 1 aromatic rings. The van der Waals surface area contributed by atoms with Crippen LogP contribution in [0.15, 0.2) is 6.20 Å². The van der Waals surface area contributed by atoms with E-state index in [4.69, 9.17) is 4.84 Å². The standard InChI is InChI=1S/C11H17N3O2/c1-8-10(7-12-14(8)2)11(15)13-16-9-5-3-4-6-9/h7,9H,3-6H2,1-2H3,(H,13,15). The van der Waals surface area contributed by atoms with Crippen LogP contribution in [0, 0.1) is 6.92 Å². The number of amides is 1. The van der Waals surface area contributed by atoms with Crippen LogP contribution in [0.25, 0.3) is 0 Å². The lowest BCUT2D eigenvalue weighted by Gasteiger charge is -2.10. The highest BCUT2D eigenvalue weighted by molar-refractivity contribution is 5.94. The third-order valence-electron chi connectivity index (χ3n) is 3.10. The van der Waals surface area contributed by atoms with E-state index in [1.807, 2.05) is 14.0 Å². The van der Waals surface area contributed by atoms with Gasteiger partial charge in [0.05, 0.1) is 17.9 Å². The first-order valence-corrected chi connectivity index (χ1v) is 5.63. The fraction of sp³-hybridized carbons (Fsp3) is 0.636. The van der Waals surface area contributed by atoms with Gasteiger partial charge in [-0.25, -0.2) is 5.48 Å². The molecule has 2 rings (SSSR count). The summed E-state index contributed by atoms with van der Waals surface area (Å²) >= 11 is 0. The van der Waals surface area contributed by atoms with Gasteiger partial charge in [0.15, 0.2) is 0 Å². The Morgan fingerprint density at radius 3 is 2.81 bits per heavy atom. The molecule has 88 valence electrons. The van der Waals surface area contributed by atoms with Gasteiger partial charge in [-0.3, -0.25) is 14.3 Å². The van der Waals surface area contributed by atoms with E-state index in [9.17, 15) is 4.79 Å². The van der Waals surface area contributed by atoms with E-state index >= 15 is 0 Å². The summed E-state index contributed by atoms with van der Waals surface area (Å²) < 4.78 is 1.67. The van der Waals surface area contributed by atoms with Crippen LogP contribution in [-0.4, -0.2) is 21.8 Å². The SMILES string of the molecule is Cc1c(C(=O)NOC2CCCC2)cnn1C. The molecule has 0 radical (unpaired) electrons. The molecule has 1 aliphatic rings. The molecule has 0 bridgehead atoms. The molecular weight excluding hydrogens is 206 g/mol. The molecule has 0 saturated heterocycles. The Morgan fingerprint density at radius 2 is 2.25 bits per heavy atom. The van der Waals surface area contributed by atoms with Gasteiger partial charge in [-0.2, -0.15) is 5.10 Å². The zero-order chi connectivity index (χ0) is 11.5. The Kier molecular flexibility index (Phi) is 3.24.